The van der Waals surface area contributed by atoms with E-state index in [2.05, 4.69) is 6.92 Å². The zero-order valence-electron chi connectivity index (χ0n) is 12.7. The van der Waals surface area contributed by atoms with Crippen LogP contribution in [0.1, 0.15) is 59.8 Å². The van der Waals surface area contributed by atoms with Gasteiger partial charge >= 0.3 is 9.53 Å². The van der Waals surface area contributed by atoms with Crippen LogP contribution in [-0.2, 0) is 13.3 Å². The maximum absolute atomic E-state index is 5.22. The number of unbranched alkanes of at least 4 members (excludes halogenated alkanes) is 1. The SMILES string of the molecule is C1CC1.CCCCN.CCO[SiH](OCC)OCC. The first kappa shape index (κ1) is 20.4. The summed E-state index contributed by atoms with van der Waals surface area (Å²) in [6.45, 7) is 10.8. The molecule has 0 atom stereocenters. The third kappa shape index (κ3) is 25.0. The molecule has 0 heterocycles. The van der Waals surface area contributed by atoms with E-state index in [-0.39, 0.29) is 0 Å². The van der Waals surface area contributed by atoms with Crippen LogP contribution < -0.4 is 5.73 Å². The largest absolute Gasteiger partial charge is 0.484 e. The van der Waals surface area contributed by atoms with Gasteiger partial charge in [0.2, 0.25) is 0 Å². The van der Waals surface area contributed by atoms with Crippen LogP contribution in [0.2, 0.25) is 0 Å². The molecule has 18 heavy (non-hydrogen) atoms. The van der Waals surface area contributed by atoms with Gasteiger partial charge < -0.3 is 19.0 Å². The van der Waals surface area contributed by atoms with Crippen LogP contribution in [0.25, 0.3) is 0 Å². The van der Waals surface area contributed by atoms with Crippen LogP contribution in [0.4, 0.5) is 0 Å². The quantitative estimate of drug-likeness (QED) is 0.694. The molecule has 0 aromatic heterocycles. The summed E-state index contributed by atoms with van der Waals surface area (Å²) in [6, 6.07) is 0. The highest BCUT2D eigenvalue weighted by molar-refractivity contribution is 6.36. The van der Waals surface area contributed by atoms with Gasteiger partial charge in [-0.05, 0) is 33.7 Å². The Hall–Kier alpha value is 0.0569. The standard InChI is InChI=1S/C6H16O3Si.C4H11N.C3H6/c1-4-7-10(8-5-2)9-6-3;1-2-3-4-5;1-2-3-1/h10H,4-6H2,1-3H3;2-5H2,1H3;1-3H2. The van der Waals surface area contributed by atoms with Gasteiger partial charge in [-0.2, -0.15) is 0 Å². The van der Waals surface area contributed by atoms with Crippen LogP contribution in [0.5, 0.6) is 0 Å². The summed E-state index contributed by atoms with van der Waals surface area (Å²) >= 11 is 0. The van der Waals surface area contributed by atoms with Gasteiger partial charge in [-0.15, -0.1) is 0 Å². The van der Waals surface area contributed by atoms with E-state index in [4.69, 9.17) is 19.0 Å². The Bertz CT molecular complexity index is 118. The van der Waals surface area contributed by atoms with Crippen molar-refractivity contribution >= 4 is 9.53 Å². The average molecular weight is 279 g/mol. The zero-order chi connectivity index (χ0) is 14.1. The molecule has 0 bridgehead atoms. The molecule has 5 heteroatoms. The molecule has 112 valence electrons. The maximum Gasteiger partial charge on any atom is 0.484 e. The second kappa shape index (κ2) is 19.4. The molecule has 0 spiro atoms. The van der Waals surface area contributed by atoms with Crippen LogP contribution in [0, 0.1) is 0 Å². The smallest absolute Gasteiger partial charge is 0.376 e. The van der Waals surface area contributed by atoms with Crippen LogP contribution in [0.15, 0.2) is 0 Å². The maximum atomic E-state index is 5.22. The first-order valence-corrected chi connectivity index (χ1v) is 8.72. The molecule has 0 amide bonds. The molecule has 0 unspecified atom stereocenters. The van der Waals surface area contributed by atoms with Crippen LogP contribution in [-0.4, -0.2) is 35.9 Å². The van der Waals surface area contributed by atoms with Gasteiger partial charge in [-0.3, -0.25) is 0 Å². The molecule has 1 rings (SSSR count). The summed E-state index contributed by atoms with van der Waals surface area (Å²) in [5.41, 5.74) is 5.14. The highest BCUT2D eigenvalue weighted by Gasteiger charge is 2.11. The lowest BCUT2D eigenvalue weighted by molar-refractivity contribution is 0.107. The molecule has 4 nitrogen and oxygen atoms in total. The molecule has 1 aliphatic carbocycles. The molecule has 0 radical (unpaired) electrons. The Balaban J connectivity index is 0. The Kier molecular flexibility index (Phi) is 22.0. The Morgan fingerprint density at radius 2 is 1.22 bits per heavy atom. The van der Waals surface area contributed by atoms with Gasteiger partial charge in [0.05, 0.1) is 0 Å². The van der Waals surface area contributed by atoms with Crippen molar-refractivity contribution in [2.75, 3.05) is 26.4 Å². The minimum atomic E-state index is -1.73. The molecule has 0 aromatic carbocycles. The number of rotatable bonds is 8. The number of nitrogens with two attached hydrogens (primary N) is 1. The van der Waals surface area contributed by atoms with E-state index in [1.54, 1.807) is 0 Å². The first-order valence-electron chi connectivity index (χ1n) is 7.31. The lowest BCUT2D eigenvalue weighted by atomic mass is 10.3. The highest BCUT2D eigenvalue weighted by Crippen LogP contribution is 2.14. The summed E-state index contributed by atoms with van der Waals surface area (Å²) in [4.78, 5) is 0. The van der Waals surface area contributed by atoms with E-state index < -0.39 is 9.53 Å². The summed E-state index contributed by atoms with van der Waals surface area (Å²) < 4.78 is 15.7. The van der Waals surface area contributed by atoms with E-state index in [9.17, 15) is 0 Å². The predicted molar refractivity (Wildman–Crippen MR) is 79.8 cm³/mol. The molecule has 0 aliphatic heterocycles. The van der Waals surface area contributed by atoms with Crippen LogP contribution >= 0.6 is 0 Å². The Labute approximate surface area is 115 Å². The van der Waals surface area contributed by atoms with Crippen molar-refractivity contribution in [3.05, 3.63) is 0 Å². The van der Waals surface area contributed by atoms with Crippen molar-refractivity contribution < 1.29 is 13.3 Å². The number of hydrogen-bond donors (Lipinski definition) is 1. The third-order valence-corrected chi connectivity index (χ3v) is 3.64. The highest BCUT2D eigenvalue weighted by atomic mass is 28.3. The normalized spacial score (nSPS) is 12.3. The Morgan fingerprint density at radius 3 is 1.33 bits per heavy atom. The lowest BCUT2D eigenvalue weighted by Gasteiger charge is -2.12. The minimum Gasteiger partial charge on any atom is -0.376 e. The molecular weight excluding hydrogens is 246 g/mol. The molecule has 0 saturated heterocycles. The number of hydrogen-bond acceptors (Lipinski definition) is 4. The summed E-state index contributed by atoms with van der Waals surface area (Å²) in [5.74, 6) is 0. The molecule has 1 saturated carbocycles. The van der Waals surface area contributed by atoms with Gasteiger partial charge in [0.1, 0.15) is 0 Å². The van der Waals surface area contributed by atoms with E-state index in [0.29, 0.717) is 19.8 Å². The molecule has 0 aromatic rings. The fourth-order valence-electron chi connectivity index (χ4n) is 0.757. The zero-order valence-corrected chi connectivity index (χ0v) is 13.9. The molecule has 2 N–H and O–H groups in total. The van der Waals surface area contributed by atoms with Gasteiger partial charge in [0.25, 0.3) is 0 Å². The lowest BCUT2D eigenvalue weighted by Crippen LogP contribution is -2.27. The van der Waals surface area contributed by atoms with Crippen molar-refractivity contribution in [3.8, 4) is 0 Å². The summed E-state index contributed by atoms with van der Waals surface area (Å²) in [7, 11) is -1.73. The van der Waals surface area contributed by atoms with Gasteiger partial charge in [0, 0.05) is 19.8 Å². The van der Waals surface area contributed by atoms with Gasteiger partial charge in [0.15, 0.2) is 0 Å². The second-order valence-electron chi connectivity index (χ2n) is 3.86. The fraction of sp³-hybridized carbons (Fsp3) is 1.00. The van der Waals surface area contributed by atoms with Crippen molar-refractivity contribution in [2.45, 2.75) is 59.8 Å². The summed E-state index contributed by atoms with van der Waals surface area (Å²) in [6.07, 6.45) is 6.89. The Morgan fingerprint density at radius 1 is 0.833 bits per heavy atom. The van der Waals surface area contributed by atoms with E-state index >= 15 is 0 Å². The topological polar surface area (TPSA) is 53.7 Å². The summed E-state index contributed by atoms with van der Waals surface area (Å²) in [5, 5.41) is 0. The fourth-order valence-corrected chi connectivity index (χ4v) is 1.86. The first-order chi connectivity index (χ1) is 8.76. The van der Waals surface area contributed by atoms with E-state index in [0.717, 1.165) is 6.54 Å². The monoisotopic (exact) mass is 279 g/mol. The van der Waals surface area contributed by atoms with Crippen molar-refractivity contribution in [1.82, 2.24) is 0 Å². The third-order valence-electron chi connectivity index (χ3n) is 1.82. The minimum absolute atomic E-state index is 0.677. The predicted octanol–water partition coefficient (Wildman–Crippen LogP) is 2.73. The molecular formula is C13H33NO3Si. The van der Waals surface area contributed by atoms with Crippen molar-refractivity contribution in [3.63, 3.8) is 0 Å². The van der Waals surface area contributed by atoms with Gasteiger partial charge in [-0.1, -0.05) is 32.6 Å². The van der Waals surface area contributed by atoms with Crippen molar-refractivity contribution in [1.29, 1.82) is 0 Å². The van der Waals surface area contributed by atoms with Crippen molar-refractivity contribution in [2.24, 2.45) is 5.73 Å². The van der Waals surface area contributed by atoms with Gasteiger partial charge in [-0.25, -0.2) is 0 Å². The molecule has 1 aliphatic rings. The van der Waals surface area contributed by atoms with Crippen LogP contribution in [0.3, 0.4) is 0 Å². The molecule has 1 fully saturated rings. The van der Waals surface area contributed by atoms with E-state index in [1.807, 2.05) is 20.8 Å². The second-order valence-corrected chi connectivity index (χ2v) is 5.43. The van der Waals surface area contributed by atoms with E-state index in [1.165, 1.54) is 32.1 Å². The average Bonchev–Trinajstić information content (AvgIpc) is 3.20.